The maximum atomic E-state index is 9.01. The first-order chi connectivity index (χ1) is 6.29. The zero-order chi connectivity index (χ0) is 9.26. The van der Waals surface area contributed by atoms with Crippen LogP contribution in [0, 0.1) is 0 Å². The Kier molecular flexibility index (Phi) is 2.67. The molecule has 3 heteroatoms. The predicted octanol–water partition coefficient (Wildman–Crippen LogP) is 1.46. The number of fused-ring (bicyclic) bond motifs is 1. The Labute approximate surface area is 86.1 Å². The topological polar surface area (TPSA) is 32.3 Å². The molecule has 1 heterocycles. The van der Waals surface area contributed by atoms with Gasteiger partial charge in [-0.2, -0.15) is 0 Å². The molecule has 1 atom stereocenters. The van der Waals surface area contributed by atoms with Gasteiger partial charge in [-0.05, 0) is 29.7 Å². The van der Waals surface area contributed by atoms with Gasteiger partial charge in [0.15, 0.2) is 0 Å². The fraction of sp³-hybridized carbons (Fsp3) is 0.400. The minimum Gasteiger partial charge on any atom is -0.395 e. The number of nitrogens with one attached hydrogen (secondary N) is 1. The molecular formula is C10H12BrNO. The van der Waals surface area contributed by atoms with Crippen molar-refractivity contribution >= 4 is 15.9 Å². The summed E-state index contributed by atoms with van der Waals surface area (Å²) < 4.78 is 1.12. The highest BCUT2D eigenvalue weighted by Crippen LogP contribution is 2.21. The van der Waals surface area contributed by atoms with Crippen LogP contribution in [-0.2, 0) is 13.0 Å². The van der Waals surface area contributed by atoms with Crippen LogP contribution in [-0.4, -0.2) is 17.8 Å². The molecule has 2 nitrogen and oxygen atoms in total. The maximum Gasteiger partial charge on any atom is 0.0587 e. The Bertz CT molecular complexity index is 314. The summed E-state index contributed by atoms with van der Waals surface area (Å²) in [5.41, 5.74) is 2.68. The van der Waals surface area contributed by atoms with E-state index in [-0.39, 0.29) is 12.6 Å². The number of halogens is 1. The minimum absolute atomic E-state index is 0.214. The molecule has 1 aliphatic rings. The van der Waals surface area contributed by atoms with E-state index < -0.39 is 0 Å². The monoisotopic (exact) mass is 241 g/mol. The highest BCUT2D eigenvalue weighted by atomic mass is 79.9. The van der Waals surface area contributed by atoms with Gasteiger partial charge < -0.3 is 10.4 Å². The summed E-state index contributed by atoms with van der Waals surface area (Å²) >= 11 is 3.45. The lowest BCUT2D eigenvalue weighted by atomic mass is 9.96. The summed E-state index contributed by atoms with van der Waals surface area (Å²) in [4.78, 5) is 0. The van der Waals surface area contributed by atoms with Gasteiger partial charge in [-0.25, -0.2) is 0 Å². The molecule has 2 N–H and O–H groups in total. The average molecular weight is 242 g/mol. The van der Waals surface area contributed by atoms with Crippen LogP contribution in [0.2, 0.25) is 0 Å². The number of benzene rings is 1. The van der Waals surface area contributed by atoms with Gasteiger partial charge in [-0.3, -0.25) is 0 Å². The van der Waals surface area contributed by atoms with E-state index in [0.29, 0.717) is 0 Å². The van der Waals surface area contributed by atoms with Crippen LogP contribution in [0.5, 0.6) is 0 Å². The molecule has 1 aromatic carbocycles. The largest absolute Gasteiger partial charge is 0.395 e. The number of hydrogen-bond donors (Lipinski definition) is 2. The normalized spacial score (nSPS) is 21.2. The van der Waals surface area contributed by atoms with Gasteiger partial charge in [-0.15, -0.1) is 0 Å². The molecule has 2 rings (SSSR count). The van der Waals surface area contributed by atoms with Gasteiger partial charge in [0.05, 0.1) is 6.61 Å². The SMILES string of the molecule is OC[C@@H]1Cc2cc(Br)ccc2CN1. The van der Waals surface area contributed by atoms with Gasteiger partial charge in [0.25, 0.3) is 0 Å². The fourth-order valence-corrected chi connectivity index (χ4v) is 2.09. The van der Waals surface area contributed by atoms with Crippen molar-refractivity contribution in [1.29, 1.82) is 0 Å². The molecule has 0 amide bonds. The second-order valence-corrected chi connectivity index (χ2v) is 4.29. The minimum atomic E-state index is 0.214. The van der Waals surface area contributed by atoms with Crippen LogP contribution >= 0.6 is 15.9 Å². The molecular weight excluding hydrogens is 230 g/mol. The summed E-state index contributed by atoms with van der Waals surface area (Å²) in [5.74, 6) is 0. The number of rotatable bonds is 1. The fourth-order valence-electron chi connectivity index (χ4n) is 1.68. The molecule has 1 aliphatic heterocycles. The van der Waals surface area contributed by atoms with Crippen molar-refractivity contribution in [3.8, 4) is 0 Å². The van der Waals surface area contributed by atoms with Crippen molar-refractivity contribution < 1.29 is 5.11 Å². The van der Waals surface area contributed by atoms with Crippen LogP contribution in [0.15, 0.2) is 22.7 Å². The molecule has 0 unspecified atom stereocenters. The Balaban J connectivity index is 2.27. The lowest BCUT2D eigenvalue weighted by molar-refractivity contribution is 0.236. The third kappa shape index (κ3) is 1.93. The van der Waals surface area contributed by atoms with Crippen LogP contribution in [0.3, 0.4) is 0 Å². The van der Waals surface area contributed by atoms with E-state index in [0.717, 1.165) is 17.4 Å². The van der Waals surface area contributed by atoms with Crippen molar-refractivity contribution in [1.82, 2.24) is 5.32 Å². The average Bonchev–Trinajstić information content (AvgIpc) is 2.16. The van der Waals surface area contributed by atoms with Crippen LogP contribution in [0.25, 0.3) is 0 Å². The van der Waals surface area contributed by atoms with E-state index >= 15 is 0 Å². The number of hydrogen-bond acceptors (Lipinski definition) is 2. The molecule has 13 heavy (non-hydrogen) atoms. The van der Waals surface area contributed by atoms with Gasteiger partial charge in [0.1, 0.15) is 0 Å². The summed E-state index contributed by atoms with van der Waals surface area (Å²) in [6.45, 7) is 1.08. The van der Waals surface area contributed by atoms with Gasteiger partial charge in [-0.1, -0.05) is 22.0 Å². The van der Waals surface area contributed by atoms with Gasteiger partial charge >= 0.3 is 0 Å². The molecule has 0 spiro atoms. The summed E-state index contributed by atoms with van der Waals surface area (Å²) in [7, 11) is 0. The van der Waals surface area contributed by atoms with E-state index in [1.165, 1.54) is 11.1 Å². The molecule has 0 saturated carbocycles. The predicted molar refractivity (Wildman–Crippen MR) is 55.6 cm³/mol. The summed E-state index contributed by atoms with van der Waals surface area (Å²) in [5, 5.41) is 12.3. The van der Waals surface area contributed by atoms with E-state index in [9.17, 15) is 0 Å². The molecule has 0 radical (unpaired) electrons. The van der Waals surface area contributed by atoms with Crippen molar-refractivity contribution in [2.75, 3.05) is 6.61 Å². The highest BCUT2D eigenvalue weighted by Gasteiger charge is 2.16. The molecule has 0 aliphatic carbocycles. The smallest absolute Gasteiger partial charge is 0.0587 e. The van der Waals surface area contributed by atoms with Crippen molar-refractivity contribution in [2.24, 2.45) is 0 Å². The first kappa shape index (κ1) is 9.19. The quantitative estimate of drug-likeness (QED) is 0.781. The third-order valence-corrected chi connectivity index (χ3v) is 2.93. The molecule has 0 bridgehead atoms. The molecule has 70 valence electrons. The highest BCUT2D eigenvalue weighted by molar-refractivity contribution is 9.10. The van der Waals surface area contributed by atoms with E-state index in [2.05, 4.69) is 39.4 Å². The van der Waals surface area contributed by atoms with Crippen LogP contribution in [0.4, 0.5) is 0 Å². The molecule has 1 aromatic rings. The zero-order valence-electron chi connectivity index (χ0n) is 7.26. The Morgan fingerprint density at radius 1 is 1.46 bits per heavy atom. The lowest BCUT2D eigenvalue weighted by Gasteiger charge is -2.24. The second-order valence-electron chi connectivity index (χ2n) is 3.38. The van der Waals surface area contributed by atoms with Crippen molar-refractivity contribution in [3.63, 3.8) is 0 Å². The summed E-state index contributed by atoms with van der Waals surface area (Å²) in [6.07, 6.45) is 0.922. The molecule has 0 aromatic heterocycles. The zero-order valence-corrected chi connectivity index (χ0v) is 8.84. The van der Waals surface area contributed by atoms with E-state index in [4.69, 9.17) is 5.11 Å². The molecule has 0 fully saturated rings. The standard InChI is InChI=1S/C10H12BrNO/c11-9-2-1-7-5-12-10(6-13)4-8(7)3-9/h1-3,10,12-13H,4-6H2/t10-/m0/s1. The van der Waals surface area contributed by atoms with Crippen LogP contribution in [0.1, 0.15) is 11.1 Å². The number of aliphatic hydroxyl groups is 1. The van der Waals surface area contributed by atoms with E-state index in [1.54, 1.807) is 0 Å². The molecule has 0 saturated heterocycles. The maximum absolute atomic E-state index is 9.01. The number of aliphatic hydroxyl groups excluding tert-OH is 1. The Morgan fingerprint density at radius 3 is 3.08 bits per heavy atom. The van der Waals surface area contributed by atoms with Crippen molar-refractivity contribution in [3.05, 3.63) is 33.8 Å². The van der Waals surface area contributed by atoms with Gasteiger partial charge in [0.2, 0.25) is 0 Å². The van der Waals surface area contributed by atoms with Crippen molar-refractivity contribution in [2.45, 2.75) is 19.0 Å². The Morgan fingerprint density at radius 2 is 2.31 bits per heavy atom. The van der Waals surface area contributed by atoms with E-state index in [1.807, 2.05) is 0 Å². The second kappa shape index (κ2) is 3.78. The Hall–Kier alpha value is -0.380. The van der Waals surface area contributed by atoms with Crippen LogP contribution < -0.4 is 5.32 Å². The first-order valence-corrected chi connectivity index (χ1v) is 5.20. The third-order valence-electron chi connectivity index (χ3n) is 2.44. The van der Waals surface area contributed by atoms with Gasteiger partial charge in [0, 0.05) is 17.1 Å². The first-order valence-electron chi connectivity index (χ1n) is 4.41. The summed E-state index contributed by atoms with van der Waals surface area (Å²) in [6, 6.07) is 6.54. The lowest BCUT2D eigenvalue weighted by Crippen LogP contribution is -2.38.